The van der Waals surface area contributed by atoms with E-state index >= 15 is 0 Å². The highest BCUT2D eigenvalue weighted by Crippen LogP contribution is 2.22. The van der Waals surface area contributed by atoms with E-state index in [2.05, 4.69) is 10.3 Å². The molecular weight excluding hydrogens is 372 g/mol. The van der Waals surface area contributed by atoms with Gasteiger partial charge in [-0.1, -0.05) is 23.9 Å². The predicted molar refractivity (Wildman–Crippen MR) is 113 cm³/mol. The zero-order chi connectivity index (χ0) is 19.9. The lowest BCUT2D eigenvalue weighted by atomic mass is 10.2. The summed E-state index contributed by atoms with van der Waals surface area (Å²) in [5, 5.41) is 3.73. The molecule has 1 amide bonds. The first-order valence-corrected chi connectivity index (χ1v) is 9.89. The summed E-state index contributed by atoms with van der Waals surface area (Å²) in [4.78, 5) is 18.6. The van der Waals surface area contributed by atoms with Crippen LogP contribution >= 0.6 is 11.8 Å². The molecule has 0 aliphatic carbocycles. The van der Waals surface area contributed by atoms with Crippen molar-refractivity contribution >= 4 is 23.4 Å². The van der Waals surface area contributed by atoms with Gasteiger partial charge in [-0.25, -0.2) is 4.98 Å². The van der Waals surface area contributed by atoms with Gasteiger partial charge in [0.15, 0.2) is 5.16 Å². The molecule has 28 heavy (non-hydrogen) atoms. The standard InChI is InChI=1S/C21H24N4O2S/c1-24(2)17-6-4-16(5-7-17)14-23-20(26)15-28-21-22-12-13-25(21)18-8-10-19(27-3)11-9-18/h4-13H,14-15H2,1-3H3,(H,23,26). The molecule has 0 radical (unpaired) electrons. The Balaban J connectivity index is 1.53. The van der Waals surface area contributed by atoms with E-state index in [-0.39, 0.29) is 5.91 Å². The molecule has 7 heteroatoms. The van der Waals surface area contributed by atoms with Crippen LogP contribution in [-0.2, 0) is 11.3 Å². The van der Waals surface area contributed by atoms with E-state index in [4.69, 9.17) is 4.74 Å². The molecule has 1 N–H and O–H groups in total. The zero-order valence-electron chi connectivity index (χ0n) is 16.3. The Morgan fingerprint density at radius 1 is 1.14 bits per heavy atom. The van der Waals surface area contributed by atoms with Gasteiger partial charge in [-0.15, -0.1) is 0 Å². The number of amides is 1. The number of carbonyl (C=O) groups excluding carboxylic acids is 1. The normalized spacial score (nSPS) is 10.5. The third kappa shape index (κ3) is 5.07. The Labute approximate surface area is 169 Å². The number of methoxy groups -OCH3 is 1. The minimum atomic E-state index is -0.0223. The number of benzene rings is 2. The van der Waals surface area contributed by atoms with E-state index in [1.165, 1.54) is 11.8 Å². The molecule has 3 aromatic rings. The minimum absolute atomic E-state index is 0.0223. The molecular formula is C21H24N4O2S. The second kappa shape index (κ2) is 9.32. The van der Waals surface area contributed by atoms with Crippen LogP contribution in [0.3, 0.4) is 0 Å². The minimum Gasteiger partial charge on any atom is -0.497 e. The number of thioether (sulfide) groups is 1. The van der Waals surface area contributed by atoms with Crippen molar-refractivity contribution in [3.8, 4) is 11.4 Å². The number of anilines is 1. The number of aromatic nitrogens is 2. The Kier molecular flexibility index (Phi) is 6.60. The highest BCUT2D eigenvalue weighted by Gasteiger charge is 2.09. The highest BCUT2D eigenvalue weighted by molar-refractivity contribution is 7.99. The maximum absolute atomic E-state index is 12.2. The molecule has 146 valence electrons. The summed E-state index contributed by atoms with van der Waals surface area (Å²) in [6.07, 6.45) is 3.62. The average Bonchev–Trinajstić information content (AvgIpc) is 3.19. The molecule has 0 saturated heterocycles. The molecule has 0 unspecified atom stereocenters. The molecule has 0 aliphatic heterocycles. The number of nitrogens with one attached hydrogen (secondary N) is 1. The smallest absolute Gasteiger partial charge is 0.230 e. The van der Waals surface area contributed by atoms with Crippen molar-refractivity contribution in [3.63, 3.8) is 0 Å². The molecule has 6 nitrogen and oxygen atoms in total. The van der Waals surface area contributed by atoms with Crippen LogP contribution in [0, 0.1) is 0 Å². The SMILES string of the molecule is COc1ccc(-n2ccnc2SCC(=O)NCc2ccc(N(C)C)cc2)cc1. The van der Waals surface area contributed by atoms with Gasteiger partial charge in [-0.3, -0.25) is 9.36 Å². The summed E-state index contributed by atoms with van der Waals surface area (Å²) >= 11 is 1.41. The molecule has 3 rings (SSSR count). The van der Waals surface area contributed by atoms with Gasteiger partial charge < -0.3 is 15.0 Å². The van der Waals surface area contributed by atoms with Crippen molar-refractivity contribution in [2.75, 3.05) is 31.9 Å². The summed E-state index contributed by atoms with van der Waals surface area (Å²) in [6.45, 7) is 0.514. The van der Waals surface area contributed by atoms with E-state index in [9.17, 15) is 4.79 Å². The fourth-order valence-electron chi connectivity index (χ4n) is 2.63. The van der Waals surface area contributed by atoms with Crippen LogP contribution in [0.25, 0.3) is 5.69 Å². The fourth-order valence-corrected chi connectivity index (χ4v) is 3.43. The van der Waals surface area contributed by atoms with Crippen LogP contribution in [0.2, 0.25) is 0 Å². The van der Waals surface area contributed by atoms with Crippen LogP contribution in [0.5, 0.6) is 5.75 Å². The maximum atomic E-state index is 12.2. The summed E-state index contributed by atoms with van der Waals surface area (Å²) in [6, 6.07) is 15.9. The molecule has 0 saturated carbocycles. The average molecular weight is 397 g/mol. The number of hydrogen-bond donors (Lipinski definition) is 1. The Bertz CT molecular complexity index is 905. The van der Waals surface area contributed by atoms with Gasteiger partial charge in [0.2, 0.25) is 5.91 Å². The first-order chi connectivity index (χ1) is 13.6. The van der Waals surface area contributed by atoms with Gasteiger partial charge in [-0.2, -0.15) is 0 Å². The molecule has 0 spiro atoms. The second-order valence-electron chi connectivity index (χ2n) is 6.40. The third-order valence-electron chi connectivity index (χ3n) is 4.23. The number of ether oxygens (including phenoxy) is 1. The van der Waals surface area contributed by atoms with Crippen molar-refractivity contribution in [1.82, 2.24) is 14.9 Å². The molecule has 2 aromatic carbocycles. The van der Waals surface area contributed by atoms with Crippen molar-refractivity contribution in [1.29, 1.82) is 0 Å². The van der Waals surface area contributed by atoms with E-state index in [1.54, 1.807) is 13.3 Å². The zero-order valence-corrected chi connectivity index (χ0v) is 17.1. The number of carbonyl (C=O) groups is 1. The fraction of sp³-hybridized carbons (Fsp3) is 0.238. The third-order valence-corrected chi connectivity index (χ3v) is 5.20. The first kappa shape index (κ1) is 19.8. The van der Waals surface area contributed by atoms with Crippen LogP contribution < -0.4 is 15.0 Å². The van der Waals surface area contributed by atoms with E-state index in [0.29, 0.717) is 12.3 Å². The largest absolute Gasteiger partial charge is 0.497 e. The Morgan fingerprint density at radius 2 is 1.86 bits per heavy atom. The van der Waals surface area contributed by atoms with E-state index < -0.39 is 0 Å². The Hall–Kier alpha value is -2.93. The predicted octanol–water partition coefficient (Wildman–Crippen LogP) is 3.36. The van der Waals surface area contributed by atoms with Crippen LogP contribution in [0.1, 0.15) is 5.56 Å². The van der Waals surface area contributed by atoms with Crippen molar-refractivity contribution in [2.24, 2.45) is 0 Å². The van der Waals surface area contributed by atoms with Gasteiger partial charge >= 0.3 is 0 Å². The van der Waals surface area contributed by atoms with Crippen molar-refractivity contribution in [3.05, 3.63) is 66.5 Å². The lowest BCUT2D eigenvalue weighted by Gasteiger charge is -2.13. The highest BCUT2D eigenvalue weighted by atomic mass is 32.2. The molecule has 0 aliphatic rings. The summed E-state index contributed by atoms with van der Waals surface area (Å²) in [5.41, 5.74) is 3.18. The molecule has 0 atom stereocenters. The summed E-state index contributed by atoms with van der Waals surface area (Å²) in [5.74, 6) is 1.09. The topological polar surface area (TPSA) is 59.4 Å². The van der Waals surface area contributed by atoms with E-state index in [1.807, 2.05) is 78.3 Å². The maximum Gasteiger partial charge on any atom is 0.230 e. The molecule has 0 bridgehead atoms. The van der Waals surface area contributed by atoms with Gasteiger partial charge in [-0.05, 0) is 42.0 Å². The van der Waals surface area contributed by atoms with Crippen LogP contribution in [0.15, 0.2) is 66.1 Å². The van der Waals surface area contributed by atoms with E-state index in [0.717, 1.165) is 27.8 Å². The van der Waals surface area contributed by atoms with Gasteiger partial charge in [0.1, 0.15) is 5.75 Å². The van der Waals surface area contributed by atoms with Crippen LogP contribution in [-0.4, -0.2) is 42.4 Å². The number of imidazole rings is 1. The number of hydrogen-bond acceptors (Lipinski definition) is 5. The van der Waals surface area contributed by atoms with Gasteiger partial charge in [0.05, 0.1) is 12.9 Å². The van der Waals surface area contributed by atoms with Crippen molar-refractivity contribution in [2.45, 2.75) is 11.7 Å². The molecule has 1 aromatic heterocycles. The number of rotatable bonds is 8. The van der Waals surface area contributed by atoms with Gasteiger partial charge in [0.25, 0.3) is 0 Å². The summed E-state index contributed by atoms with van der Waals surface area (Å²) in [7, 11) is 5.65. The Morgan fingerprint density at radius 3 is 2.50 bits per heavy atom. The second-order valence-corrected chi connectivity index (χ2v) is 7.35. The molecule has 1 heterocycles. The monoisotopic (exact) mass is 396 g/mol. The lowest BCUT2D eigenvalue weighted by molar-refractivity contribution is -0.118. The van der Waals surface area contributed by atoms with Crippen LogP contribution in [0.4, 0.5) is 5.69 Å². The lowest BCUT2D eigenvalue weighted by Crippen LogP contribution is -2.24. The quantitative estimate of drug-likeness (QED) is 0.592. The molecule has 0 fully saturated rings. The van der Waals surface area contributed by atoms with Gasteiger partial charge in [0, 0.05) is 44.4 Å². The summed E-state index contributed by atoms with van der Waals surface area (Å²) < 4.78 is 7.15. The number of nitrogens with zero attached hydrogens (tertiary/aromatic N) is 3. The first-order valence-electron chi connectivity index (χ1n) is 8.90. The van der Waals surface area contributed by atoms with Crippen molar-refractivity contribution < 1.29 is 9.53 Å².